The van der Waals surface area contributed by atoms with Crippen LogP contribution in [0.2, 0.25) is 0 Å². The predicted molar refractivity (Wildman–Crippen MR) is 105 cm³/mol. The van der Waals surface area contributed by atoms with Gasteiger partial charge in [0.25, 0.3) is 0 Å². The molecule has 0 bridgehead atoms. The summed E-state index contributed by atoms with van der Waals surface area (Å²) < 4.78 is 7.07. The maximum Gasteiger partial charge on any atom is 0.233 e. The molecule has 1 amide bonds. The van der Waals surface area contributed by atoms with Crippen LogP contribution in [0.3, 0.4) is 0 Å². The first-order chi connectivity index (χ1) is 12.4. The van der Waals surface area contributed by atoms with Crippen molar-refractivity contribution >= 4 is 17.7 Å². The summed E-state index contributed by atoms with van der Waals surface area (Å²) in [5.74, 6) is 2.19. The van der Waals surface area contributed by atoms with Crippen molar-refractivity contribution < 1.29 is 9.53 Å². The Morgan fingerprint density at radius 2 is 1.77 bits per heavy atom. The van der Waals surface area contributed by atoms with E-state index in [9.17, 15) is 4.79 Å². The molecule has 0 saturated heterocycles. The van der Waals surface area contributed by atoms with Gasteiger partial charge >= 0.3 is 0 Å². The normalized spacial score (nSPS) is 11.2. The monoisotopic (exact) mass is 376 g/mol. The molecule has 7 heteroatoms. The second-order valence-corrected chi connectivity index (χ2v) is 8.00. The molecule has 0 atom stereocenters. The highest BCUT2D eigenvalue weighted by Gasteiger charge is 2.18. The molecule has 0 aliphatic heterocycles. The van der Waals surface area contributed by atoms with Crippen molar-refractivity contribution in [1.29, 1.82) is 0 Å². The lowest BCUT2D eigenvalue weighted by molar-refractivity contribution is -0.129. The average molecular weight is 377 g/mol. The van der Waals surface area contributed by atoms with E-state index in [1.54, 1.807) is 13.4 Å². The van der Waals surface area contributed by atoms with Gasteiger partial charge in [0.1, 0.15) is 12.1 Å². The third kappa shape index (κ3) is 5.76. The number of methoxy groups -OCH3 is 1. The lowest BCUT2D eigenvalue weighted by Gasteiger charge is -2.26. The Morgan fingerprint density at radius 1 is 1.15 bits per heavy atom. The second-order valence-electron chi connectivity index (χ2n) is 7.06. The SMILES string of the molecule is COc1ccc(-n2cnnc2SCC(=O)N(CC(C)C)CC(C)C)cc1. The zero-order valence-corrected chi connectivity index (χ0v) is 17.0. The van der Waals surface area contributed by atoms with Crippen LogP contribution >= 0.6 is 11.8 Å². The van der Waals surface area contributed by atoms with Gasteiger partial charge in [-0.25, -0.2) is 0 Å². The van der Waals surface area contributed by atoms with Gasteiger partial charge in [-0.1, -0.05) is 39.5 Å². The van der Waals surface area contributed by atoms with Gasteiger partial charge in [-0.3, -0.25) is 9.36 Å². The molecule has 2 aromatic rings. The van der Waals surface area contributed by atoms with Crippen molar-refractivity contribution in [2.45, 2.75) is 32.9 Å². The average Bonchev–Trinajstić information content (AvgIpc) is 3.07. The number of carbonyl (C=O) groups is 1. The quantitative estimate of drug-likeness (QED) is 0.627. The van der Waals surface area contributed by atoms with E-state index in [4.69, 9.17) is 4.74 Å². The van der Waals surface area contributed by atoms with Gasteiger partial charge in [0, 0.05) is 18.8 Å². The highest BCUT2D eigenvalue weighted by atomic mass is 32.2. The summed E-state index contributed by atoms with van der Waals surface area (Å²) in [6.45, 7) is 10.1. The summed E-state index contributed by atoms with van der Waals surface area (Å²) in [6, 6.07) is 7.67. The number of thioether (sulfide) groups is 1. The Balaban J connectivity index is 2.04. The first-order valence-corrected chi connectivity index (χ1v) is 9.84. The standard InChI is InChI=1S/C19H28N4O2S/c1-14(2)10-22(11-15(3)4)18(24)12-26-19-21-20-13-23(19)16-6-8-17(25-5)9-7-16/h6-9,13-15H,10-12H2,1-5H3. The van der Waals surface area contributed by atoms with Gasteiger partial charge in [0.05, 0.1) is 12.9 Å². The summed E-state index contributed by atoms with van der Waals surface area (Å²) in [6.07, 6.45) is 1.66. The Bertz CT molecular complexity index is 688. The molecule has 26 heavy (non-hydrogen) atoms. The van der Waals surface area contributed by atoms with Crippen LogP contribution in [0.4, 0.5) is 0 Å². The molecule has 142 valence electrons. The smallest absolute Gasteiger partial charge is 0.233 e. The minimum Gasteiger partial charge on any atom is -0.497 e. The molecule has 0 spiro atoms. The predicted octanol–water partition coefficient (Wildman–Crippen LogP) is 3.51. The summed E-state index contributed by atoms with van der Waals surface area (Å²) in [7, 11) is 1.64. The Morgan fingerprint density at radius 3 is 2.31 bits per heavy atom. The number of hydrogen-bond donors (Lipinski definition) is 0. The number of aromatic nitrogens is 3. The van der Waals surface area contributed by atoms with Crippen molar-refractivity contribution in [2.75, 3.05) is 26.0 Å². The summed E-state index contributed by atoms with van der Waals surface area (Å²) >= 11 is 1.42. The number of ether oxygens (including phenoxy) is 1. The Kier molecular flexibility index (Phi) is 7.50. The summed E-state index contributed by atoms with van der Waals surface area (Å²) in [5, 5.41) is 8.86. The van der Waals surface area contributed by atoms with E-state index in [2.05, 4.69) is 37.9 Å². The zero-order valence-electron chi connectivity index (χ0n) is 16.2. The van der Waals surface area contributed by atoms with Crippen LogP contribution in [0.15, 0.2) is 35.7 Å². The Hall–Kier alpha value is -2.02. The molecule has 0 radical (unpaired) electrons. The number of carbonyl (C=O) groups excluding carboxylic acids is 1. The number of nitrogens with zero attached hydrogens (tertiary/aromatic N) is 4. The molecule has 2 rings (SSSR count). The molecular weight excluding hydrogens is 348 g/mol. The third-order valence-corrected chi connectivity index (χ3v) is 4.64. The molecular formula is C19H28N4O2S. The molecule has 0 aliphatic carbocycles. The topological polar surface area (TPSA) is 60.2 Å². The maximum atomic E-state index is 12.7. The molecule has 0 unspecified atom stereocenters. The number of hydrogen-bond acceptors (Lipinski definition) is 5. The van der Waals surface area contributed by atoms with E-state index in [1.165, 1.54) is 11.8 Å². The van der Waals surface area contributed by atoms with E-state index in [0.717, 1.165) is 24.5 Å². The minimum atomic E-state index is 0.140. The molecule has 6 nitrogen and oxygen atoms in total. The number of benzene rings is 1. The fraction of sp³-hybridized carbons (Fsp3) is 0.526. The molecule has 0 fully saturated rings. The van der Waals surface area contributed by atoms with Crippen LogP contribution in [-0.4, -0.2) is 51.5 Å². The van der Waals surface area contributed by atoms with Crippen molar-refractivity contribution in [1.82, 2.24) is 19.7 Å². The second kappa shape index (κ2) is 9.62. The minimum absolute atomic E-state index is 0.140. The summed E-state index contributed by atoms with van der Waals surface area (Å²) in [5.41, 5.74) is 0.937. The third-order valence-electron chi connectivity index (χ3n) is 3.72. The van der Waals surface area contributed by atoms with Crippen LogP contribution in [0.5, 0.6) is 5.75 Å². The summed E-state index contributed by atoms with van der Waals surface area (Å²) in [4.78, 5) is 14.6. The van der Waals surface area contributed by atoms with Gasteiger partial charge in [-0.15, -0.1) is 10.2 Å². The molecule has 0 N–H and O–H groups in total. The van der Waals surface area contributed by atoms with Crippen molar-refractivity contribution in [3.8, 4) is 11.4 Å². The highest BCUT2D eigenvalue weighted by Crippen LogP contribution is 2.22. The van der Waals surface area contributed by atoms with E-state index < -0.39 is 0 Å². The van der Waals surface area contributed by atoms with Crippen molar-refractivity contribution in [2.24, 2.45) is 11.8 Å². The molecule has 1 heterocycles. The van der Waals surface area contributed by atoms with Crippen molar-refractivity contribution in [3.05, 3.63) is 30.6 Å². The van der Waals surface area contributed by atoms with Gasteiger partial charge < -0.3 is 9.64 Å². The van der Waals surface area contributed by atoms with Gasteiger partial charge in [-0.2, -0.15) is 0 Å². The van der Waals surface area contributed by atoms with E-state index in [0.29, 0.717) is 22.7 Å². The fourth-order valence-electron chi connectivity index (χ4n) is 2.62. The fourth-order valence-corrected chi connectivity index (χ4v) is 3.45. The van der Waals surface area contributed by atoms with E-state index in [-0.39, 0.29) is 5.91 Å². The lowest BCUT2D eigenvalue weighted by atomic mass is 10.1. The van der Waals surface area contributed by atoms with Gasteiger partial charge in [0.15, 0.2) is 5.16 Å². The van der Waals surface area contributed by atoms with Crippen LogP contribution < -0.4 is 4.74 Å². The first-order valence-electron chi connectivity index (χ1n) is 8.85. The maximum absolute atomic E-state index is 12.7. The zero-order chi connectivity index (χ0) is 19.1. The van der Waals surface area contributed by atoms with Crippen LogP contribution in [0.25, 0.3) is 5.69 Å². The molecule has 0 saturated carbocycles. The molecule has 1 aromatic heterocycles. The number of rotatable bonds is 9. The largest absolute Gasteiger partial charge is 0.497 e. The van der Waals surface area contributed by atoms with Gasteiger partial charge in [0.2, 0.25) is 5.91 Å². The molecule has 1 aromatic carbocycles. The molecule has 0 aliphatic rings. The highest BCUT2D eigenvalue weighted by molar-refractivity contribution is 7.99. The van der Waals surface area contributed by atoms with Crippen LogP contribution in [0, 0.1) is 11.8 Å². The van der Waals surface area contributed by atoms with E-state index in [1.807, 2.05) is 33.7 Å². The van der Waals surface area contributed by atoms with E-state index >= 15 is 0 Å². The first kappa shape index (κ1) is 20.3. The number of amides is 1. The van der Waals surface area contributed by atoms with Crippen LogP contribution in [0.1, 0.15) is 27.7 Å². The van der Waals surface area contributed by atoms with Crippen LogP contribution in [-0.2, 0) is 4.79 Å². The van der Waals surface area contributed by atoms with Gasteiger partial charge in [-0.05, 0) is 36.1 Å². The Labute approximate surface area is 159 Å². The van der Waals surface area contributed by atoms with Crippen molar-refractivity contribution in [3.63, 3.8) is 0 Å². The lowest BCUT2D eigenvalue weighted by Crippen LogP contribution is -2.38.